The Morgan fingerprint density at radius 1 is 1.04 bits per heavy atom. The van der Waals surface area contributed by atoms with Gasteiger partial charge in [-0.25, -0.2) is 9.97 Å². The molecular formula is C21H22N6O. The fourth-order valence-electron chi connectivity index (χ4n) is 3.85. The lowest BCUT2D eigenvalue weighted by Crippen LogP contribution is -2.46. The standard InChI is InChI=1S/C21H22N6O/c1-25-14-22-19-12-15(6-7-16(19)21(25)28)27-10-8-26(9-11-27)13-20-23-17-4-2-3-5-18(17)24-20/h2-7,12,14H,8-11,13H2,1H3,(H,23,24). The molecule has 7 nitrogen and oxygen atoms in total. The highest BCUT2D eigenvalue weighted by atomic mass is 16.1. The SMILES string of the molecule is Cn1cnc2cc(N3CCN(Cc4nc5ccccc5[nH]4)CC3)ccc2c1=O. The number of H-pyrrole nitrogens is 1. The van der Waals surface area contributed by atoms with Gasteiger partial charge in [0.1, 0.15) is 5.82 Å². The number of aromatic amines is 1. The zero-order valence-corrected chi connectivity index (χ0v) is 15.8. The zero-order chi connectivity index (χ0) is 19.1. The Hall–Kier alpha value is -3.19. The summed E-state index contributed by atoms with van der Waals surface area (Å²) in [5, 5.41) is 0.664. The largest absolute Gasteiger partial charge is 0.369 e. The van der Waals surface area contributed by atoms with Crippen LogP contribution in [-0.2, 0) is 13.6 Å². The molecule has 4 aromatic rings. The van der Waals surface area contributed by atoms with Gasteiger partial charge >= 0.3 is 0 Å². The molecule has 0 saturated carbocycles. The van der Waals surface area contributed by atoms with Crippen molar-refractivity contribution in [1.82, 2.24) is 24.4 Å². The summed E-state index contributed by atoms with van der Waals surface area (Å²) in [6.07, 6.45) is 1.58. The van der Waals surface area contributed by atoms with Crippen LogP contribution in [0.5, 0.6) is 0 Å². The number of benzene rings is 2. The summed E-state index contributed by atoms with van der Waals surface area (Å²) in [6, 6.07) is 14.1. The Labute approximate surface area is 162 Å². The molecule has 28 heavy (non-hydrogen) atoms. The van der Waals surface area contributed by atoms with Crippen LogP contribution in [-0.4, -0.2) is 50.6 Å². The van der Waals surface area contributed by atoms with E-state index in [0.717, 1.165) is 60.8 Å². The third kappa shape index (κ3) is 3.03. The van der Waals surface area contributed by atoms with Gasteiger partial charge in [-0.2, -0.15) is 0 Å². The molecule has 2 aromatic heterocycles. The topological polar surface area (TPSA) is 70.1 Å². The molecule has 1 aliphatic heterocycles. The van der Waals surface area contributed by atoms with Gasteiger partial charge < -0.3 is 14.5 Å². The van der Waals surface area contributed by atoms with E-state index in [1.165, 1.54) is 4.57 Å². The molecule has 1 N–H and O–H groups in total. The van der Waals surface area contributed by atoms with Crippen molar-refractivity contribution in [3.8, 4) is 0 Å². The van der Waals surface area contributed by atoms with Crippen molar-refractivity contribution < 1.29 is 0 Å². The minimum absolute atomic E-state index is 0.00722. The van der Waals surface area contributed by atoms with Gasteiger partial charge in [-0.05, 0) is 30.3 Å². The minimum Gasteiger partial charge on any atom is -0.369 e. The normalized spacial score (nSPS) is 15.5. The number of fused-ring (bicyclic) bond motifs is 2. The van der Waals surface area contributed by atoms with E-state index in [-0.39, 0.29) is 5.56 Å². The summed E-state index contributed by atoms with van der Waals surface area (Å²) in [6.45, 7) is 4.66. The van der Waals surface area contributed by atoms with Crippen LogP contribution in [0.2, 0.25) is 0 Å². The number of nitrogens with one attached hydrogen (secondary N) is 1. The van der Waals surface area contributed by atoms with Gasteiger partial charge in [0.15, 0.2) is 0 Å². The van der Waals surface area contributed by atoms with Gasteiger partial charge in [-0.1, -0.05) is 12.1 Å². The second-order valence-electron chi connectivity index (χ2n) is 7.33. The third-order valence-corrected chi connectivity index (χ3v) is 5.45. The molecule has 5 rings (SSSR count). The number of hydrogen-bond acceptors (Lipinski definition) is 5. The van der Waals surface area contributed by atoms with Gasteiger partial charge in [-0.3, -0.25) is 9.69 Å². The van der Waals surface area contributed by atoms with Crippen molar-refractivity contribution in [2.75, 3.05) is 31.1 Å². The van der Waals surface area contributed by atoms with E-state index in [9.17, 15) is 4.79 Å². The van der Waals surface area contributed by atoms with E-state index in [2.05, 4.69) is 30.8 Å². The Kier molecular flexibility index (Phi) is 4.09. The highest BCUT2D eigenvalue weighted by molar-refractivity contribution is 5.81. The van der Waals surface area contributed by atoms with Gasteiger partial charge in [0.2, 0.25) is 0 Å². The highest BCUT2D eigenvalue weighted by Gasteiger charge is 2.19. The molecule has 0 atom stereocenters. The van der Waals surface area contributed by atoms with Crippen LogP contribution in [0, 0.1) is 0 Å². The number of aromatic nitrogens is 4. The van der Waals surface area contributed by atoms with Crippen molar-refractivity contribution in [1.29, 1.82) is 0 Å². The smallest absolute Gasteiger partial charge is 0.260 e. The summed E-state index contributed by atoms with van der Waals surface area (Å²) in [4.78, 5) is 29.5. The average Bonchev–Trinajstić information content (AvgIpc) is 3.13. The minimum atomic E-state index is -0.00722. The van der Waals surface area contributed by atoms with Crippen LogP contribution < -0.4 is 10.5 Å². The third-order valence-electron chi connectivity index (χ3n) is 5.45. The summed E-state index contributed by atoms with van der Waals surface area (Å²) in [5.41, 5.74) is 3.98. The van der Waals surface area contributed by atoms with E-state index in [1.807, 2.05) is 36.4 Å². The Balaban J connectivity index is 1.28. The van der Waals surface area contributed by atoms with E-state index >= 15 is 0 Å². The number of imidazole rings is 1. The molecule has 0 spiro atoms. The predicted molar refractivity (Wildman–Crippen MR) is 111 cm³/mol. The van der Waals surface area contributed by atoms with Crippen molar-refractivity contribution in [3.05, 3.63) is 65.0 Å². The fourth-order valence-corrected chi connectivity index (χ4v) is 3.85. The number of hydrogen-bond donors (Lipinski definition) is 1. The second kappa shape index (κ2) is 6.76. The van der Waals surface area contributed by atoms with E-state index < -0.39 is 0 Å². The first-order valence-electron chi connectivity index (χ1n) is 9.54. The molecule has 7 heteroatoms. The molecule has 142 valence electrons. The van der Waals surface area contributed by atoms with Crippen molar-refractivity contribution in [2.24, 2.45) is 7.05 Å². The van der Waals surface area contributed by atoms with Gasteiger partial charge in [-0.15, -0.1) is 0 Å². The lowest BCUT2D eigenvalue weighted by Gasteiger charge is -2.35. The van der Waals surface area contributed by atoms with E-state index in [1.54, 1.807) is 13.4 Å². The average molecular weight is 374 g/mol. The maximum atomic E-state index is 12.2. The van der Waals surface area contributed by atoms with Crippen LogP contribution >= 0.6 is 0 Å². The molecule has 0 radical (unpaired) electrons. The molecule has 0 amide bonds. The number of piperazine rings is 1. The summed E-state index contributed by atoms with van der Waals surface area (Å²) < 4.78 is 1.51. The van der Waals surface area contributed by atoms with Gasteiger partial charge in [0.05, 0.1) is 34.8 Å². The monoisotopic (exact) mass is 374 g/mol. The number of aryl methyl sites for hydroxylation is 1. The fraction of sp³-hybridized carbons (Fsp3) is 0.286. The quantitative estimate of drug-likeness (QED) is 0.595. The molecule has 0 unspecified atom stereocenters. The first-order chi connectivity index (χ1) is 13.7. The molecule has 1 saturated heterocycles. The maximum absolute atomic E-state index is 12.2. The van der Waals surface area contributed by atoms with Crippen molar-refractivity contribution >= 4 is 27.6 Å². The number of rotatable bonds is 3. The van der Waals surface area contributed by atoms with Crippen molar-refractivity contribution in [3.63, 3.8) is 0 Å². The Morgan fingerprint density at radius 2 is 1.86 bits per heavy atom. The lowest BCUT2D eigenvalue weighted by atomic mass is 10.2. The number of para-hydroxylation sites is 2. The van der Waals surface area contributed by atoms with Crippen LogP contribution in [0.25, 0.3) is 21.9 Å². The molecule has 2 aromatic carbocycles. The molecule has 0 aliphatic carbocycles. The highest BCUT2D eigenvalue weighted by Crippen LogP contribution is 2.21. The molecule has 1 fully saturated rings. The summed E-state index contributed by atoms with van der Waals surface area (Å²) in [7, 11) is 1.73. The maximum Gasteiger partial charge on any atom is 0.260 e. The van der Waals surface area contributed by atoms with Crippen LogP contribution in [0.3, 0.4) is 0 Å². The predicted octanol–water partition coefficient (Wildman–Crippen LogP) is 2.13. The Bertz CT molecular complexity index is 1170. The molecule has 3 heterocycles. The Morgan fingerprint density at radius 3 is 2.68 bits per heavy atom. The van der Waals surface area contributed by atoms with Gasteiger partial charge in [0, 0.05) is 38.9 Å². The summed E-state index contributed by atoms with van der Waals surface area (Å²) in [5.74, 6) is 1.01. The van der Waals surface area contributed by atoms with E-state index in [4.69, 9.17) is 0 Å². The van der Waals surface area contributed by atoms with Crippen LogP contribution in [0.4, 0.5) is 5.69 Å². The van der Waals surface area contributed by atoms with Gasteiger partial charge in [0.25, 0.3) is 5.56 Å². The first-order valence-corrected chi connectivity index (χ1v) is 9.54. The summed E-state index contributed by atoms with van der Waals surface area (Å²) >= 11 is 0. The molecular weight excluding hydrogens is 352 g/mol. The second-order valence-corrected chi connectivity index (χ2v) is 7.33. The van der Waals surface area contributed by atoms with Crippen LogP contribution in [0.1, 0.15) is 5.82 Å². The lowest BCUT2D eigenvalue weighted by molar-refractivity contribution is 0.245. The van der Waals surface area contributed by atoms with Crippen LogP contribution in [0.15, 0.2) is 53.6 Å². The van der Waals surface area contributed by atoms with Crippen molar-refractivity contribution in [2.45, 2.75) is 6.54 Å². The first kappa shape index (κ1) is 16.9. The molecule has 0 bridgehead atoms. The zero-order valence-electron chi connectivity index (χ0n) is 15.8. The molecule has 1 aliphatic rings. The number of nitrogens with zero attached hydrogens (tertiary/aromatic N) is 5. The number of anilines is 1. The van der Waals surface area contributed by atoms with E-state index in [0.29, 0.717) is 5.39 Å².